The number of nitrogens with one attached hydrogen (secondary N) is 4. The number of rotatable bonds is 10. The molecule has 0 aromatic heterocycles. The summed E-state index contributed by atoms with van der Waals surface area (Å²) in [5, 5.41) is 11.9. The molecule has 2 aliphatic rings. The number of fused-ring (bicyclic) bond motifs is 1. The average Bonchev–Trinajstić information content (AvgIpc) is 3.35. The lowest BCUT2D eigenvalue weighted by molar-refractivity contribution is -0.142. The molecule has 4 amide bonds. The molecule has 0 saturated carbocycles. The van der Waals surface area contributed by atoms with Crippen molar-refractivity contribution in [2.45, 2.75) is 63.7 Å². The van der Waals surface area contributed by atoms with Gasteiger partial charge in [-0.25, -0.2) is 0 Å². The topological polar surface area (TPSA) is 147 Å². The van der Waals surface area contributed by atoms with Crippen LogP contribution in [0.25, 0.3) is 0 Å². The molecule has 222 valence electrons. The first kappa shape index (κ1) is 31.3. The third-order valence-electron chi connectivity index (χ3n) is 6.59. The molecule has 12 nitrogen and oxygen atoms in total. The van der Waals surface area contributed by atoms with Gasteiger partial charge in [0.1, 0.15) is 24.4 Å². The van der Waals surface area contributed by atoms with Gasteiger partial charge in [0.2, 0.25) is 17.7 Å². The van der Waals surface area contributed by atoms with E-state index in [1.165, 1.54) is 0 Å². The highest BCUT2D eigenvalue weighted by Gasteiger charge is 2.41. The molecule has 2 aliphatic heterocycles. The number of ether oxygens (including phenoxy) is 3. The van der Waals surface area contributed by atoms with Crippen molar-refractivity contribution in [3.05, 3.63) is 30.3 Å². The third-order valence-corrected chi connectivity index (χ3v) is 6.59. The number of carbonyl (C=O) groups is 4. The molecule has 2 saturated heterocycles. The highest BCUT2D eigenvalue weighted by molar-refractivity contribution is 5.93. The number of hydrogen-bond acceptors (Lipinski definition) is 8. The van der Waals surface area contributed by atoms with Crippen molar-refractivity contribution in [3.63, 3.8) is 0 Å². The van der Waals surface area contributed by atoms with Crippen LogP contribution in [0, 0.1) is 0 Å². The van der Waals surface area contributed by atoms with E-state index in [0.29, 0.717) is 64.3 Å². The van der Waals surface area contributed by atoms with E-state index in [-0.39, 0.29) is 49.6 Å². The molecule has 2 fully saturated rings. The smallest absolute Gasteiger partial charge is 0.257 e. The van der Waals surface area contributed by atoms with E-state index in [0.717, 1.165) is 0 Å². The largest absolute Gasteiger partial charge is 0.484 e. The minimum atomic E-state index is -0.817. The van der Waals surface area contributed by atoms with Crippen LogP contribution in [-0.4, -0.2) is 105 Å². The van der Waals surface area contributed by atoms with Gasteiger partial charge in [-0.3, -0.25) is 19.2 Å². The molecule has 0 spiro atoms. The molecule has 3 atom stereocenters. The Bertz CT molecular complexity index is 962. The van der Waals surface area contributed by atoms with Crippen LogP contribution in [0.4, 0.5) is 0 Å². The maximum Gasteiger partial charge on any atom is 0.257 e. The molecule has 12 heteroatoms. The maximum absolute atomic E-state index is 13.7. The fraction of sp³-hybridized carbons (Fsp3) is 0.643. The first-order valence-corrected chi connectivity index (χ1v) is 14.1. The predicted molar refractivity (Wildman–Crippen MR) is 148 cm³/mol. The van der Waals surface area contributed by atoms with Crippen molar-refractivity contribution < 1.29 is 33.4 Å². The van der Waals surface area contributed by atoms with Crippen molar-refractivity contribution in [2.75, 3.05) is 52.7 Å². The molecule has 0 bridgehead atoms. The lowest BCUT2D eigenvalue weighted by Crippen LogP contribution is -2.54. The summed E-state index contributed by atoms with van der Waals surface area (Å²) in [5.74, 6) is -0.559. The molecule has 40 heavy (non-hydrogen) atoms. The Morgan fingerprint density at radius 1 is 1.10 bits per heavy atom. The number of benzene rings is 1. The van der Waals surface area contributed by atoms with Crippen molar-refractivity contribution in [1.29, 1.82) is 0 Å². The lowest BCUT2D eigenvalue weighted by Gasteiger charge is -2.29. The molecule has 0 radical (unpaired) electrons. The molecular formula is C28H43N5O7. The van der Waals surface area contributed by atoms with E-state index < -0.39 is 18.0 Å². The summed E-state index contributed by atoms with van der Waals surface area (Å²) in [6, 6.07) is 7.78. The number of amides is 4. The summed E-state index contributed by atoms with van der Waals surface area (Å²) in [7, 11) is 0. The Hall–Kier alpha value is -3.22. The van der Waals surface area contributed by atoms with Gasteiger partial charge in [-0.2, -0.15) is 0 Å². The van der Waals surface area contributed by atoms with Crippen LogP contribution in [-0.2, 0) is 28.7 Å². The van der Waals surface area contributed by atoms with Gasteiger partial charge in [-0.05, 0) is 37.8 Å². The van der Waals surface area contributed by atoms with Gasteiger partial charge in [0.05, 0.1) is 19.8 Å². The van der Waals surface area contributed by atoms with E-state index in [4.69, 9.17) is 14.2 Å². The second-order valence-electron chi connectivity index (χ2n) is 10.3. The second-order valence-corrected chi connectivity index (χ2v) is 10.3. The zero-order valence-electron chi connectivity index (χ0n) is 23.5. The van der Waals surface area contributed by atoms with E-state index in [2.05, 4.69) is 21.3 Å². The minimum absolute atomic E-state index is 0.0390. The molecule has 0 aliphatic carbocycles. The van der Waals surface area contributed by atoms with Crippen LogP contribution in [0.15, 0.2) is 30.3 Å². The van der Waals surface area contributed by atoms with E-state index in [1.54, 1.807) is 17.0 Å². The zero-order chi connectivity index (χ0) is 28.7. The van der Waals surface area contributed by atoms with Gasteiger partial charge in [0.25, 0.3) is 5.91 Å². The van der Waals surface area contributed by atoms with E-state index in [1.807, 2.05) is 32.0 Å². The highest BCUT2D eigenvalue weighted by atomic mass is 16.5. The van der Waals surface area contributed by atoms with Crippen molar-refractivity contribution in [2.24, 2.45) is 0 Å². The number of nitrogens with zero attached hydrogens (tertiary/aromatic N) is 1. The third kappa shape index (κ3) is 10.7. The monoisotopic (exact) mass is 561 g/mol. The second kappa shape index (κ2) is 16.8. The standard InChI is InChI=1S/C28H43N5O7/c1-20(2)31-21-16-24-27(36)30-12-13-38-14-15-39-18-26(35)32-23(28(37)33(24)17-21)10-6-7-11-29-25(34)19-40-22-8-4-3-5-9-22/h3-5,8-9,20-21,23-24,31H,6-7,10-19H2,1-2H3,(H,29,34)(H,30,36)(H,32,35)/t21-,23-,24-/m0/s1. The summed E-state index contributed by atoms with van der Waals surface area (Å²) in [6.07, 6.45) is 2.02. The SMILES string of the molecule is CC(C)N[C@H]1C[C@H]2C(=O)NCCOCCOCC(=O)N[C@@H](CCCCNC(=O)COc3ccccc3)C(=O)N2C1. The zero-order valence-corrected chi connectivity index (χ0v) is 23.5. The van der Waals surface area contributed by atoms with Gasteiger partial charge in [0.15, 0.2) is 6.61 Å². The van der Waals surface area contributed by atoms with Crippen LogP contribution >= 0.6 is 0 Å². The number of para-hydroxylation sites is 1. The van der Waals surface area contributed by atoms with E-state index in [9.17, 15) is 19.2 Å². The number of carbonyl (C=O) groups excluding carboxylic acids is 4. The van der Waals surface area contributed by atoms with Gasteiger partial charge >= 0.3 is 0 Å². The van der Waals surface area contributed by atoms with Gasteiger partial charge in [-0.15, -0.1) is 0 Å². The summed E-state index contributed by atoms with van der Waals surface area (Å²) in [4.78, 5) is 53.1. The quantitative estimate of drug-likeness (QED) is 0.291. The van der Waals surface area contributed by atoms with Crippen LogP contribution in [0.2, 0.25) is 0 Å². The summed E-state index contributed by atoms with van der Waals surface area (Å²) in [6.45, 7) is 5.69. The summed E-state index contributed by atoms with van der Waals surface area (Å²) < 4.78 is 16.3. The molecule has 3 rings (SSSR count). The minimum Gasteiger partial charge on any atom is -0.484 e. The van der Waals surface area contributed by atoms with Gasteiger partial charge in [0, 0.05) is 31.7 Å². The first-order valence-electron chi connectivity index (χ1n) is 14.1. The van der Waals surface area contributed by atoms with Gasteiger partial charge < -0.3 is 40.4 Å². The maximum atomic E-state index is 13.7. The predicted octanol–water partition coefficient (Wildman–Crippen LogP) is -0.0328. The molecule has 0 unspecified atom stereocenters. The fourth-order valence-corrected chi connectivity index (χ4v) is 4.78. The highest BCUT2D eigenvalue weighted by Crippen LogP contribution is 2.21. The molecular weight excluding hydrogens is 518 g/mol. The van der Waals surface area contributed by atoms with Crippen molar-refractivity contribution in [3.8, 4) is 5.75 Å². The van der Waals surface area contributed by atoms with Crippen LogP contribution in [0.3, 0.4) is 0 Å². The van der Waals surface area contributed by atoms with Crippen molar-refractivity contribution in [1.82, 2.24) is 26.2 Å². The van der Waals surface area contributed by atoms with E-state index >= 15 is 0 Å². The summed E-state index contributed by atoms with van der Waals surface area (Å²) in [5.41, 5.74) is 0. The van der Waals surface area contributed by atoms with Crippen LogP contribution in [0.1, 0.15) is 39.5 Å². The lowest BCUT2D eigenvalue weighted by atomic mass is 10.1. The van der Waals surface area contributed by atoms with Crippen LogP contribution in [0.5, 0.6) is 5.75 Å². The Balaban J connectivity index is 1.57. The van der Waals surface area contributed by atoms with Gasteiger partial charge in [-0.1, -0.05) is 32.0 Å². The fourth-order valence-electron chi connectivity index (χ4n) is 4.78. The number of unbranched alkanes of at least 4 members (excludes halogenated alkanes) is 1. The van der Waals surface area contributed by atoms with Crippen molar-refractivity contribution >= 4 is 23.6 Å². The first-order chi connectivity index (χ1) is 19.3. The molecule has 1 aromatic carbocycles. The Labute approximate surface area is 235 Å². The molecule has 4 N–H and O–H groups in total. The average molecular weight is 562 g/mol. The van der Waals surface area contributed by atoms with Crippen LogP contribution < -0.4 is 26.0 Å². The Kier molecular flexibility index (Phi) is 13.1. The summed E-state index contributed by atoms with van der Waals surface area (Å²) >= 11 is 0. The normalized spacial score (nSPS) is 23.0. The molecule has 1 aromatic rings. The Morgan fingerprint density at radius 2 is 1.88 bits per heavy atom. The molecule has 2 heterocycles. The number of hydrogen-bond donors (Lipinski definition) is 4. The Morgan fingerprint density at radius 3 is 2.65 bits per heavy atom.